The van der Waals surface area contributed by atoms with Crippen LogP contribution in [0.3, 0.4) is 0 Å². The predicted molar refractivity (Wildman–Crippen MR) is 71.5 cm³/mol. The van der Waals surface area contributed by atoms with Gasteiger partial charge in [-0.1, -0.05) is 0 Å². The Labute approximate surface area is 117 Å². The lowest BCUT2D eigenvalue weighted by Crippen LogP contribution is -2.11. The van der Waals surface area contributed by atoms with E-state index >= 15 is 0 Å². The number of carbonyl (C=O) groups is 1. The molecule has 0 aliphatic carbocycles. The van der Waals surface area contributed by atoms with Crippen molar-refractivity contribution in [1.29, 1.82) is 0 Å². The summed E-state index contributed by atoms with van der Waals surface area (Å²) in [7, 11) is -3.82. The summed E-state index contributed by atoms with van der Waals surface area (Å²) in [4.78, 5) is 14.8. The van der Waals surface area contributed by atoms with Crippen molar-refractivity contribution < 1.29 is 18.3 Å². The number of hydrogen-bond acceptors (Lipinski definition) is 7. The first kappa shape index (κ1) is 13.9. The molecule has 2 N–H and O–H groups in total. The molecule has 0 aliphatic rings. The highest BCUT2D eigenvalue weighted by Gasteiger charge is 2.22. The van der Waals surface area contributed by atoms with Crippen molar-refractivity contribution in [3.05, 3.63) is 22.3 Å². The number of anilines is 1. The zero-order valence-corrected chi connectivity index (χ0v) is 12.3. The van der Waals surface area contributed by atoms with E-state index in [1.807, 2.05) is 0 Å². The number of aromatic nitrogens is 2. The van der Waals surface area contributed by atoms with Crippen LogP contribution in [0.4, 0.5) is 5.13 Å². The van der Waals surface area contributed by atoms with E-state index in [0.29, 0.717) is 22.7 Å². The van der Waals surface area contributed by atoms with Crippen LogP contribution in [0.2, 0.25) is 0 Å². The Morgan fingerprint density at radius 1 is 1.42 bits per heavy atom. The average Bonchev–Trinajstić information content (AvgIpc) is 2.84. The summed E-state index contributed by atoms with van der Waals surface area (Å²) in [6, 6.07) is 1.32. The summed E-state index contributed by atoms with van der Waals surface area (Å²) in [5, 5.41) is 9.07. The quantitative estimate of drug-likeness (QED) is 0.888. The molecule has 7 nitrogen and oxygen atoms in total. The van der Waals surface area contributed by atoms with Crippen LogP contribution in [0.1, 0.15) is 21.1 Å². The Hall–Kier alpha value is -1.52. The average molecular weight is 319 g/mol. The lowest BCUT2D eigenvalue weighted by molar-refractivity contribution is 0.0701. The van der Waals surface area contributed by atoms with Gasteiger partial charge in [-0.15, -0.1) is 11.3 Å². The first-order valence-electron chi connectivity index (χ1n) is 4.96. The van der Waals surface area contributed by atoms with E-state index in [4.69, 9.17) is 5.11 Å². The molecule has 0 saturated carbocycles. The molecular weight excluding hydrogens is 310 g/mol. The first-order chi connectivity index (χ1) is 8.79. The van der Waals surface area contributed by atoms with E-state index in [0.717, 1.165) is 11.5 Å². The van der Waals surface area contributed by atoms with E-state index in [9.17, 15) is 13.2 Å². The van der Waals surface area contributed by atoms with Gasteiger partial charge in [-0.3, -0.25) is 4.72 Å². The molecule has 102 valence electrons. The normalized spacial score (nSPS) is 11.5. The fourth-order valence-corrected chi connectivity index (χ4v) is 4.48. The van der Waals surface area contributed by atoms with E-state index in [2.05, 4.69) is 14.1 Å². The molecule has 0 aromatic carbocycles. The van der Waals surface area contributed by atoms with Gasteiger partial charge in [-0.25, -0.2) is 18.2 Å². The third kappa shape index (κ3) is 2.91. The number of aryl methyl sites for hydroxylation is 2. The number of nitrogens with one attached hydrogen (secondary N) is 1. The van der Waals surface area contributed by atoms with E-state index in [1.165, 1.54) is 6.07 Å². The van der Waals surface area contributed by atoms with Crippen molar-refractivity contribution in [2.75, 3.05) is 4.72 Å². The summed E-state index contributed by atoms with van der Waals surface area (Å²) < 4.78 is 30.2. The summed E-state index contributed by atoms with van der Waals surface area (Å²) in [6.45, 7) is 3.19. The number of sulfonamides is 1. The highest BCUT2D eigenvalue weighted by Crippen LogP contribution is 2.27. The SMILES string of the molecule is Cc1nsc(NS(=O)(=O)c2cc(C)c(C(=O)O)s2)n1. The second-order valence-electron chi connectivity index (χ2n) is 3.63. The maximum absolute atomic E-state index is 12.0. The standard InChI is InChI=1S/C9H9N3O4S3/c1-4-3-6(17-7(4)8(13)14)19(15,16)12-9-10-5(2)11-18-9/h3H,1-2H3,(H,13,14)(H,10,11,12). The van der Waals surface area contributed by atoms with Crippen molar-refractivity contribution >= 4 is 44.0 Å². The summed E-state index contributed by atoms with van der Waals surface area (Å²) >= 11 is 1.63. The molecule has 19 heavy (non-hydrogen) atoms. The molecule has 0 atom stereocenters. The van der Waals surface area contributed by atoms with Gasteiger partial charge in [0.15, 0.2) is 0 Å². The molecule has 0 bridgehead atoms. The van der Waals surface area contributed by atoms with Gasteiger partial charge in [0.25, 0.3) is 10.0 Å². The number of nitrogens with zero attached hydrogens (tertiary/aromatic N) is 2. The number of hydrogen-bond donors (Lipinski definition) is 2. The maximum Gasteiger partial charge on any atom is 0.346 e. The topological polar surface area (TPSA) is 109 Å². The van der Waals surface area contributed by atoms with Crippen LogP contribution in [0.25, 0.3) is 0 Å². The number of aromatic carboxylic acids is 1. The molecule has 0 unspecified atom stereocenters. The van der Waals surface area contributed by atoms with E-state index in [-0.39, 0.29) is 14.2 Å². The molecule has 2 aromatic rings. The minimum atomic E-state index is -3.82. The molecule has 2 rings (SSSR count). The van der Waals surface area contributed by atoms with Crippen molar-refractivity contribution in [2.24, 2.45) is 0 Å². The second kappa shape index (κ2) is 4.87. The zero-order chi connectivity index (χ0) is 14.2. The molecule has 2 heterocycles. The van der Waals surface area contributed by atoms with Crippen LogP contribution in [-0.2, 0) is 10.0 Å². The van der Waals surface area contributed by atoms with Gasteiger partial charge in [-0.05, 0) is 25.5 Å². The van der Waals surface area contributed by atoms with Gasteiger partial charge in [-0.2, -0.15) is 4.37 Å². The van der Waals surface area contributed by atoms with E-state index in [1.54, 1.807) is 13.8 Å². The second-order valence-corrected chi connectivity index (χ2v) is 7.35. The van der Waals surface area contributed by atoms with Crippen molar-refractivity contribution in [3.63, 3.8) is 0 Å². The molecular formula is C9H9N3O4S3. The first-order valence-corrected chi connectivity index (χ1v) is 8.04. The molecule has 0 fully saturated rings. The predicted octanol–water partition coefficient (Wildman–Crippen LogP) is 1.72. The van der Waals surface area contributed by atoms with Crippen LogP contribution in [0.15, 0.2) is 10.3 Å². The number of carboxylic acid groups (broad SMARTS) is 1. The highest BCUT2D eigenvalue weighted by molar-refractivity contribution is 7.94. The number of carboxylic acids is 1. The lowest BCUT2D eigenvalue weighted by Gasteiger charge is -2.00. The minimum Gasteiger partial charge on any atom is -0.477 e. The molecule has 0 radical (unpaired) electrons. The van der Waals surface area contributed by atoms with Crippen LogP contribution < -0.4 is 4.72 Å². The lowest BCUT2D eigenvalue weighted by atomic mass is 10.3. The Morgan fingerprint density at radius 3 is 2.58 bits per heavy atom. The Morgan fingerprint density at radius 2 is 2.11 bits per heavy atom. The number of rotatable bonds is 4. The zero-order valence-electron chi connectivity index (χ0n) is 9.87. The smallest absolute Gasteiger partial charge is 0.346 e. The molecule has 2 aromatic heterocycles. The highest BCUT2D eigenvalue weighted by atomic mass is 32.2. The summed E-state index contributed by atoms with van der Waals surface area (Å²) in [5.74, 6) is -0.674. The largest absolute Gasteiger partial charge is 0.477 e. The van der Waals surface area contributed by atoms with Gasteiger partial charge in [0.2, 0.25) is 5.13 Å². The van der Waals surface area contributed by atoms with Gasteiger partial charge in [0, 0.05) is 11.5 Å². The van der Waals surface area contributed by atoms with Crippen LogP contribution in [0, 0.1) is 13.8 Å². The summed E-state index contributed by atoms with van der Waals surface area (Å²) in [6.07, 6.45) is 0. The van der Waals surface area contributed by atoms with Gasteiger partial charge >= 0.3 is 5.97 Å². The molecule has 0 aliphatic heterocycles. The Kier molecular flexibility index (Phi) is 3.56. The van der Waals surface area contributed by atoms with Crippen molar-refractivity contribution in [3.8, 4) is 0 Å². The van der Waals surface area contributed by atoms with Gasteiger partial charge in [0.05, 0.1) is 0 Å². The number of thiophene rings is 1. The Balaban J connectivity index is 2.34. The molecule has 0 saturated heterocycles. The third-order valence-electron chi connectivity index (χ3n) is 2.10. The van der Waals surface area contributed by atoms with Crippen LogP contribution in [-0.4, -0.2) is 28.9 Å². The van der Waals surface area contributed by atoms with Gasteiger partial charge < -0.3 is 5.11 Å². The maximum atomic E-state index is 12.0. The van der Waals surface area contributed by atoms with Gasteiger partial charge in [0.1, 0.15) is 14.9 Å². The van der Waals surface area contributed by atoms with Crippen LogP contribution in [0.5, 0.6) is 0 Å². The van der Waals surface area contributed by atoms with Crippen molar-refractivity contribution in [2.45, 2.75) is 18.1 Å². The van der Waals surface area contributed by atoms with Crippen molar-refractivity contribution in [1.82, 2.24) is 9.36 Å². The third-order valence-corrected chi connectivity index (χ3v) is 5.99. The fourth-order valence-electron chi connectivity index (χ4n) is 1.30. The minimum absolute atomic E-state index is 0.00817. The molecule has 0 spiro atoms. The molecule has 10 heteroatoms. The molecule has 0 amide bonds. The van der Waals surface area contributed by atoms with E-state index < -0.39 is 16.0 Å². The fraction of sp³-hybridized carbons (Fsp3) is 0.222. The van der Waals surface area contributed by atoms with Crippen LogP contribution >= 0.6 is 22.9 Å². The Bertz CT molecular complexity index is 732. The monoisotopic (exact) mass is 319 g/mol. The summed E-state index contributed by atoms with van der Waals surface area (Å²) in [5.41, 5.74) is 0.409.